The first-order valence-corrected chi connectivity index (χ1v) is 10.9. The van der Waals surface area contributed by atoms with Gasteiger partial charge >= 0.3 is 23.6 Å². The minimum atomic E-state index is -2.30. The molecular formula is C22H20N2O10S. The lowest BCUT2D eigenvalue weighted by atomic mass is 10.0. The molecule has 13 heteroatoms. The predicted molar refractivity (Wildman–Crippen MR) is 119 cm³/mol. The molecule has 0 bridgehead atoms. The molecule has 184 valence electrons. The zero-order valence-electron chi connectivity index (χ0n) is 18.5. The van der Waals surface area contributed by atoms with Crippen molar-refractivity contribution in [2.75, 3.05) is 0 Å². The number of non-ortho nitro benzene ring substituents is 1. The van der Waals surface area contributed by atoms with Gasteiger partial charge in [-0.1, -0.05) is 30.0 Å². The number of nitro benzene ring substituents is 1. The smallest absolute Gasteiger partial charge is 0.366 e. The van der Waals surface area contributed by atoms with Gasteiger partial charge in [0.15, 0.2) is 10.5 Å². The van der Waals surface area contributed by atoms with E-state index in [1.807, 2.05) is 0 Å². The van der Waals surface area contributed by atoms with Crippen molar-refractivity contribution in [1.82, 2.24) is 4.90 Å². The highest BCUT2D eigenvalue weighted by Crippen LogP contribution is 2.44. The van der Waals surface area contributed by atoms with E-state index in [1.54, 1.807) is 18.2 Å². The van der Waals surface area contributed by atoms with Crippen LogP contribution in [0.1, 0.15) is 19.4 Å². The fourth-order valence-electron chi connectivity index (χ4n) is 3.18. The van der Waals surface area contributed by atoms with Crippen molar-refractivity contribution in [3.63, 3.8) is 0 Å². The highest BCUT2D eigenvalue weighted by molar-refractivity contribution is 8.14. The molecule has 2 aromatic rings. The Balaban J connectivity index is 1.79. The summed E-state index contributed by atoms with van der Waals surface area (Å²) in [4.78, 5) is 60.0. The van der Waals surface area contributed by atoms with Crippen LogP contribution < -0.4 is 4.74 Å². The third kappa shape index (κ3) is 5.58. The Bertz CT molecular complexity index is 1140. The summed E-state index contributed by atoms with van der Waals surface area (Å²) >= 11 is 0.518. The number of thioether (sulfide) groups is 1. The van der Waals surface area contributed by atoms with Gasteiger partial charge in [-0.15, -0.1) is 0 Å². The summed E-state index contributed by atoms with van der Waals surface area (Å²) < 4.78 is 15.9. The molecule has 35 heavy (non-hydrogen) atoms. The standard InChI is InChI=1S/C22H20N2O10S/c1-13(25)33-22(34-17-6-4-3-5-7-17)20(29)23(21(22)35-14(2)26)18(27)19(28)32-12-15-8-10-16(11-9-15)24(30)31/h3-11,18,21,27H,12H2,1-2H3/t18?,21-,22-/m1/s1. The van der Waals surface area contributed by atoms with Crippen molar-refractivity contribution in [2.45, 2.75) is 37.8 Å². The molecule has 0 aliphatic carbocycles. The molecule has 12 nitrogen and oxygen atoms in total. The molecule has 1 N–H and O–H groups in total. The van der Waals surface area contributed by atoms with E-state index in [4.69, 9.17) is 14.2 Å². The van der Waals surface area contributed by atoms with Gasteiger partial charge in [0.05, 0.1) is 4.92 Å². The Kier molecular flexibility index (Phi) is 7.71. The van der Waals surface area contributed by atoms with Crippen LogP contribution in [0.4, 0.5) is 5.69 Å². The summed E-state index contributed by atoms with van der Waals surface area (Å²) in [5.41, 5.74) is 0.234. The Labute approximate surface area is 202 Å². The normalized spacial score (nSPS) is 19.8. The van der Waals surface area contributed by atoms with Gasteiger partial charge in [-0.2, -0.15) is 0 Å². The zero-order valence-corrected chi connectivity index (χ0v) is 19.3. The van der Waals surface area contributed by atoms with Gasteiger partial charge in [0.1, 0.15) is 12.4 Å². The number of aliphatic hydroxyl groups excluding tert-OH is 1. The van der Waals surface area contributed by atoms with Gasteiger partial charge < -0.3 is 19.3 Å². The molecule has 1 heterocycles. The molecule has 1 amide bonds. The quantitative estimate of drug-likeness (QED) is 0.174. The lowest BCUT2D eigenvalue weighted by Gasteiger charge is -2.52. The highest BCUT2D eigenvalue weighted by atomic mass is 32.2. The van der Waals surface area contributed by atoms with Crippen LogP contribution in [0.3, 0.4) is 0 Å². The molecule has 1 aliphatic heterocycles. The summed E-state index contributed by atoms with van der Waals surface area (Å²) in [5, 5.41) is 19.4. The first-order chi connectivity index (χ1) is 16.5. The average Bonchev–Trinajstić information content (AvgIpc) is 2.82. The lowest BCUT2D eigenvalue weighted by Crippen LogP contribution is -2.79. The molecule has 0 radical (unpaired) electrons. The number of benzene rings is 2. The Morgan fingerprint density at radius 1 is 1.14 bits per heavy atom. The molecule has 1 unspecified atom stereocenters. The predicted octanol–water partition coefficient (Wildman–Crippen LogP) is 1.74. The number of rotatable bonds is 9. The number of likely N-dealkylation sites (tertiary alicyclic amines) is 1. The van der Waals surface area contributed by atoms with E-state index >= 15 is 0 Å². The first-order valence-electron chi connectivity index (χ1n) is 10.1. The monoisotopic (exact) mass is 504 g/mol. The number of para-hydroxylation sites is 1. The number of hydrogen-bond acceptors (Lipinski definition) is 11. The maximum atomic E-state index is 13.1. The van der Waals surface area contributed by atoms with Crippen LogP contribution >= 0.6 is 11.8 Å². The van der Waals surface area contributed by atoms with Gasteiger partial charge in [-0.25, -0.2) is 4.79 Å². The highest BCUT2D eigenvalue weighted by Gasteiger charge is 2.70. The molecule has 1 fully saturated rings. The van der Waals surface area contributed by atoms with Crippen molar-refractivity contribution in [3.05, 3.63) is 70.3 Å². The number of nitro groups is 1. The van der Waals surface area contributed by atoms with Crippen LogP contribution in [0.5, 0.6) is 5.75 Å². The van der Waals surface area contributed by atoms with Crippen LogP contribution in [0.2, 0.25) is 0 Å². The number of β-lactam (4-membered cyclic amide) rings is 1. The number of aliphatic hydroxyl groups is 1. The van der Waals surface area contributed by atoms with E-state index in [-0.39, 0.29) is 18.0 Å². The number of hydrogen-bond donors (Lipinski definition) is 1. The molecule has 3 rings (SSSR count). The van der Waals surface area contributed by atoms with E-state index in [1.165, 1.54) is 43.3 Å². The van der Waals surface area contributed by atoms with Crippen LogP contribution in [0.15, 0.2) is 54.6 Å². The number of amides is 1. The van der Waals surface area contributed by atoms with Crippen molar-refractivity contribution in [2.24, 2.45) is 0 Å². The maximum Gasteiger partial charge on any atom is 0.366 e. The Morgan fingerprint density at radius 3 is 2.31 bits per heavy atom. The largest absolute Gasteiger partial charge is 0.457 e. The van der Waals surface area contributed by atoms with Gasteiger partial charge in [-0.3, -0.25) is 29.4 Å². The molecule has 2 aromatic carbocycles. The third-order valence-electron chi connectivity index (χ3n) is 4.70. The second-order valence-electron chi connectivity index (χ2n) is 7.26. The molecule has 3 atom stereocenters. The van der Waals surface area contributed by atoms with E-state index in [2.05, 4.69) is 0 Å². The topological polar surface area (TPSA) is 163 Å². The van der Waals surface area contributed by atoms with Gasteiger partial charge in [0.2, 0.25) is 6.23 Å². The minimum Gasteiger partial charge on any atom is -0.457 e. The molecule has 0 spiro atoms. The van der Waals surface area contributed by atoms with Crippen LogP contribution in [-0.4, -0.2) is 55.3 Å². The Morgan fingerprint density at radius 2 is 1.77 bits per heavy atom. The van der Waals surface area contributed by atoms with Crippen molar-refractivity contribution >= 4 is 40.4 Å². The van der Waals surface area contributed by atoms with E-state index in [0.717, 1.165) is 6.92 Å². The third-order valence-corrected chi connectivity index (χ3v) is 5.79. The van der Waals surface area contributed by atoms with Gasteiger partial charge in [-0.05, 0) is 29.8 Å². The van der Waals surface area contributed by atoms with Crippen LogP contribution in [-0.2, 0) is 35.3 Å². The van der Waals surface area contributed by atoms with E-state index in [9.17, 15) is 34.4 Å². The van der Waals surface area contributed by atoms with Crippen molar-refractivity contribution < 1.29 is 43.4 Å². The van der Waals surface area contributed by atoms with Crippen molar-refractivity contribution in [3.8, 4) is 5.75 Å². The Hall–Kier alpha value is -3.97. The maximum absolute atomic E-state index is 13.1. The van der Waals surface area contributed by atoms with Crippen molar-refractivity contribution in [1.29, 1.82) is 0 Å². The number of carbonyl (C=O) groups is 4. The molecular weight excluding hydrogens is 484 g/mol. The van der Waals surface area contributed by atoms with E-state index < -0.39 is 45.3 Å². The second-order valence-corrected chi connectivity index (χ2v) is 8.51. The minimum absolute atomic E-state index is 0.145. The summed E-state index contributed by atoms with van der Waals surface area (Å²) in [6.45, 7) is 1.87. The number of ether oxygens (including phenoxy) is 3. The second kappa shape index (κ2) is 10.5. The fourth-order valence-corrected chi connectivity index (χ4v) is 4.17. The van der Waals surface area contributed by atoms with Gasteiger partial charge in [0.25, 0.3) is 5.69 Å². The van der Waals surface area contributed by atoms with E-state index in [0.29, 0.717) is 22.2 Å². The average molecular weight is 504 g/mol. The summed E-state index contributed by atoms with van der Waals surface area (Å²) in [6.07, 6.45) is -2.15. The number of nitrogens with zero attached hydrogens (tertiary/aromatic N) is 2. The van der Waals surface area contributed by atoms with Crippen LogP contribution in [0.25, 0.3) is 0 Å². The summed E-state index contributed by atoms with van der Waals surface area (Å²) in [6, 6.07) is 13.0. The number of carbonyl (C=O) groups excluding carboxylic acids is 4. The molecule has 0 aromatic heterocycles. The zero-order chi connectivity index (χ0) is 25.8. The lowest BCUT2D eigenvalue weighted by molar-refractivity contribution is -0.384. The fraction of sp³-hybridized carbons (Fsp3) is 0.273. The number of esters is 2. The first kappa shape index (κ1) is 25.6. The SMILES string of the molecule is CC(=O)O[C@@]1(Oc2ccccc2)C(=O)N(C(O)C(=O)OCc2ccc([N+](=O)[O-])cc2)[C@@H]1SC(C)=O. The molecule has 1 saturated heterocycles. The summed E-state index contributed by atoms with van der Waals surface area (Å²) in [5.74, 6) is -5.36. The summed E-state index contributed by atoms with van der Waals surface area (Å²) in [7, 11) is 0. The molecule has 0 saturated carbocycles. The van der Waals surface area contributed by atoms with Gasteiger partial charge in [0, 0.05) is 26.0 Å². The molecule has 1 aliphatic rings. The van der Waals surface area contributed by atoms with Crippen LogP contribution in [0, 0.1) is 10.1 Å².